The first kappa shape index (κ1) is 11.0. The molecule has 84 valence electrons. The van der Waals surface area contributed by atoms with Crippen molar-refractivity contribution in [3.05, 3.63) is 35.3 Å². The normalized spacial score (nSPS) is 10.4. The summed E-state index contributed by atoms with van der Waals surface area (Å²) in [6.45, 7) is 2.13. The summed E-state index contributed by atoms with van der Waals surface area (Å²) in [6.07, 6.45) is 3.68. The quantitative estimate of drug-likeness (QED) is 0.880. The minimum absolute atomic E-state index is 0.733. The molecule has 0 aliphatic rings. The molecule has 2 heterocycles. The van der Waals surface area contributed by atoms with Crippen LogP contribution in [0.5, 0.6) is 0 Å². The Hall–Kier alpha value is -1.49. The zero-order valence-corrected chi connectivity index (χ0v) is 10.2. The third-order valence-electron chi connectivity index (χ3n) is 2.44. The minimum Gasteiger partial charge on any atom is -0.371 e. The SMILES string of the molecule is CCc1ccc(Cc2nsnc2NC)nc1. The molecule has 4 nitrogen and oxygen atoms in total. The van der Waals surface area contributed by atoms with Crippen LogP contribution in [-0.2, 0) is 12.8 Å². The number of pyridine rings is 1. The van der Waals surface area contributed by atoms with Crippen LogP contribution in [0.3, 0.4) is 0 Å². The molecule has 0 saturated heterocycles. The highest BCUT2D eigenvalue weighted by Gasteiger charge is 2.07. The number of rotatable bonds is 4. The maximum Gasteiger partial charge on any atom is 0.163 e. The molecule has 0 radical (unpaired) electrons. The van der Waals surface area contributed by atoms with Crippen molar-refractivity contribution in [2.24, 2.45) is 0 Å². The zero-order chi connectivity index (χ0) is 11.4. The molecule has 5 heteroatoms. The molecule has 0 aromatic carbocycles. The van der Waals surface area contributed by atoms with Crippen molar-refractivity contribution in [3.8, 4) is 0 Å². The van der Waals surface area contributed by atoms with Crippen LogP contribution in [0.4, 0.5) is 5.82 Å². The predicted octanol–water partition coefficient (Wildman–Crippen LogP) is 2.13. The van der Waals surface area contributed by atoms with Gasteiger partial charge in [0.2, 0.25) is 0 Å². The van der Waals surface area contributed by atoms with Crippen molar-refractivity contribution in [1.82, 2.24) is 13.7 Å². The van der Waals surface area contributed by atoms with E-state index in [1.54, 1.807) is 0 Å². The van der Waals surface area contributed by atoms with Gasteiger partial charge in [0.15, 0.2) is 5.82 Å². The lowest BCUT2D eigenvalue weighted by atomic mass is 10.1. The van der Waals surface area contributed by atoms with Gasteiger partial charge in [-0.3, -0.25) is 4.98 Å². The number of aryl methyl sites for hydroxylation is 1. The Bertz CT molecular complexity index is 449. The molecule has 16 heavy (non-hydrogen) atoms. The van der Waals surface area contributed by atoms with Crippen molar-refractivity contribution in [3.63, 3.8) is 0 Å². The minimum atomic E-state index is 0.733. The maximum atomic E-state index is 4.41. The van der Waals surface area contributed by atoms with E-state index in [9.17, 15) is 0 Å². The fraction of sp³-hybridized carbons (Fsp3) is 0.364. The smallest absolute Gasteiger partial charge is 0.163 e. The van der Waals surface area contributed by atoms with Crippen LogP contribution in [0.1, 0.15) is 23.9 Å². The topological polar surface area (TPSA) is 50.7 Å². The first-order valence-corrected chi connectivity index (χ1v) is 5.99. The average Bonchev–Trinajstić information content (AvgIpc) is 2.77. The van der Waals surface area contributed by atoms with Crippen LogP contribution in [0, 0.1) is 0 Å². The van der Waals surface area contributed by atoms with Crippen LogP contribution in [-0.4, -0.2) is 20.8 Å². The Labute approximate surface area is 99.1 Å². The highest BCUT2D eigenvalue weighted by molar-refractivity contribution is 6.99. The highest BCUT2D eigenvalue weighted by atomic mass is 32.1. The lowest BCUT2D eigenvalue weighted by molar-refractivity contribution is 1.01. The van der Waals surface area contributed by atoms with E-state index < -0.39 is 0 Å². The second-order valence-corrected chi connectivity index (χ2v) is 4.03. The maximum absolute atomic E-state index is 4.41. The Kier molecular flexibility index (Phi) is 3.46. The summed E-state index contributed by atoms with van der Waals surface area (Å²) in [5.74, 6) is 0.853. The first-order chi connectivity index (χ1) is 7.83. The molecular formula is C11H14N4S. The van der Waals surface area contributed by atoms with Crippen LogP contribution in [0.15, 0.2) is 18.3 Å². The molecule has 0 aliphatic heterocycles. The van der Waals surface area contributed by atoms with Gasteiger partial charge in [0.1, 0.15) is 5.69 Å². The fourth-order valence-electron chi connectivity index (χ4n) is 1.45. The van der Waals surface area contributed by atoms with E-state index in [1.807, 2.05) is 13.2 Å². The summed E-state index contributed by atoms with van der Waals surface area (Å²) in [6, 6.07) is 4.17. The van der Waals surface area contributed by atoms with Crippen LogP contribution < -0.4 is 5.32 Å². The van der Waals surface area contributed by atoms with Crippen LogP contribution in [0.25, 0.3) is 0 Å². The zero-order valence-electron chi connectivity index (χ0n) is 9.40. The van der Waals surface area contributed by atoms with Crippen molar-refractivity contribution in [1.29, 1.82) is 0 Å². The molecule has 1 N–H and O–H groups in total. The third-order valence-corrected chi connectivity index (χ3v) is 3.00. The van der Waals surface area contributed by atoms with E-state index in [1.165, 1.54) is 17.3 Å². The Balaban J connectivity index is 2.14. The number of nitrogens with one attached hydrogen (secondary N) is 1. The van der Waals surface area contributed by atoms with Gasteiger partial charge in [-0.15, -0.1) is 0 Å². The second-order valence-electron chi connectivity index (χ2n) is 3.50. The molecule has 0 amide bonds. The van der Waals surface area contributed by atoms with Gasteiger partial charge in [-0.2, -0.15) is 8.75 Å². The standard InChI is InChI=1S/C11H14N4S/c1-3-8-4-5-9(13-7-8)6-10-11(12-2)15-16-14-10/h4-5,7H,3,6H2,1-2H3,(H,12,15). The number of nitrogens with zero attached hydrogens (tertiary/aromatic N) is 3. The molecule has 0 bridgehead atoms. The summed E-state index contributed by atoms with van der Waals surface area (Å²) in [7, 11) is 1.86. The van der Waals surface area contributed by atoms with Gasteiger partial charge in [-0.1, -0.05) is 13.0 Å². The molecule has 2 aromatic heterocycles. The number of hydrogen-bond donors (Lipinski definition) is 1. The third kappa shape index (κ3) is 2.36. The number of aromatic nitrogens is 3. The molecule has 0 aliphatic carbocycles. The molecule has 0 spiro atoms. The summed E-state index contributed by atoms with van der Waals surface area (Å²) >= 11 is 1.23. The molecule has 0 unspecified atom stereocenters. The van der Waals surface area contributed by atoms with E-state index >= 15 is 0 Å². The number of anilines is 1. The summed E-state index contributed by atoms with van der Waals surface area (Å²) in [5, 5.41) is 3.03. The molecule has 0 saturated carbocycles. The highest BCUT2D eigenvalue weighted by Crippen LogP contribution is 2.15. The van der Waals surface area contributed by atoms with Crippen molar-refractivity contribution in [2.75, 3.05) is 12.4 Å². The largest absolute Gasteiger partial charge is 0.371 e. The Morgan fingerprint density at radius 3 is 2.81 bits per heavy atom. The van der Waals surface area contributed by atoms with Gasteiger partial charge in [0, 0.05) is 25.4 Å². The van der Waals surface area contributed by atoms with Crippen molar-refractivity contribution >= 4 is 17.5 Å². The van der Waals surface area contributed by atoms with Crippen molar-refractivity contribution in [2.45, 2.75) is 19.8 Å². The monoisotopic (exact) mass is 234 g/mol. The molecule has 0 fully saturated rings. The molecule has 0 atom stereocenters. The first-order valence-electron chi connectivity index (χ1n) is 5.26. The van der Waals surface area contributed by atoms with E-state index in [2.05, 4.69) is 38.1 Å². The Morgan fingerprint density at radius 1 is 1.31 bits per heavy atom. The van der Waals surface area contributed by atoms with Crippen LogP contribution in [0.2, 0.25) is 0 Å². The second kappa shape index (κ2) is 5.03. The van der Waals surface area contributed by atoms with E-state index in [4.69, 9.17) is 0 Å². The molecule has 2 aromatic rings. The average molecular weight is 234 g/mol. The van der Waals surface area contributed by atoms with Gasteiger partial charge in [0.25, 0.3) is 0 Å². The predicted molar refractivity (Wildman–Crippen MR) is 65.9 cm³/mol. The van der Waals surface area contributed by atoms with Crippen molar-refractivity contribution < 1.29 is 0 Å². The molecule has 2 rings (SSSR count). The lowest BCUT2D eigenvalue weighted by Gasteiger charge is -2.01. The summed E-state index contributed by atoms with van der Waals surface area (Å²) in [4.78, 5) is 4.41. The van der Waals surface area contributed by atoms with E-state index in [-0.39, 0.29) is 0 Å². The Morgan fingerprint density at radius 2 is 2.19 bits per heavy atom. The van der Waals surface area contributed by atoms with Gasteiger partial charge >= 0.3 is 0 Å². The van der Waals surface area contributed by atoms with Gasteiger partial charge in [0.05, 0.1) is 11.7 Å². The number of hydrogen-bond acceptors (Lipinski definition) is 5. The van der Waals surface area contributed by atoms with Gasteiger partial charge in [-0.05, 0) is 18.1 Å². The van der Waals surface area contributed by atoms with Gasteiger partial charge in [-0.25, -0.2) is 0 Å². The van der Waals surface area contributed by atoms with E-state index in [0.29, 0.717) is 0 Å². The summed E-state index contributed by atoms with van der Waals surface area (Å²) in [5.41, 5.74) is 3.25. The van der Waals surface area contributed by atoms with E-state index in [0.717, 1.165) is 30.0 Å². The lowest BCUT2D eigenvalue weighted by Crippen LogP contribution is -1.98. The summed E-state index contributed by atoms with van der Waals surface area (Å²) < 4.78 is 8.41. The molecular weight excluding hydrogens is 220 g/mol. The van der Waals surface area contributed by atoms with Crippen LogP contribution >= 0.6 is 11.7 Å². The van der Waals surface area contributed by atoms with Gasteiger partial charge < -0.3 is 5.32 Å². The fourth-order valence-corrected chi connectivity index (χ4v) is 2.02.